The lowest BCUT2D eigenvalue weighted by molar-refractivity contribution is 0.0678. The molecule has 24 heavy (non-hydrogen) atoms. The van der Waals surface area contributed by atoms with E-state index in [1.165, 1.54) is 0 Å². The number of fused-ring (bicyclic) bond motifs is 1. The summed E-state index contributed by atoms with van der Waals surface area (Å²) in [6.45, 7) is 3.02. The molecule has 1 aromatic rings. The molecule has 2 aliphatic heterocycles. The Morgan fingerprint density at radius 1 is 1.29 bits per heavy atom. The first-order valence-electron chi connectivity index (χ1n) is 9.10. The van der Waals surface area contributed by atoms with Crippen LogP contribution in [0.5, 0.6) is 5.75 Å². The Kier molecular flexibility index (Phi) is 4.46. The van der Waals surface area contributed by atoms with Crippen LogP contribution >= 0.6 is 0 Å². The van der Waals surface area contributed by atoms with Gasteiger partial charge >= 0.3 is 0 Å². The van der Waals surface area contributed by atoms with Crippen molar-refractivity contribution >= 4 is 5.91 Å². The van der Waals surface area contributed by atoms with E-state index in [0.717, 1.165) is 51.1 Å². The lowest BCUT2D eigenvalue weighted by Crippen LogP contribution is -2.33. The monoisotopic (exact) mass is 330 g/mol. The first-order valence-corrected chi connectivity index (χ1v) is 9.10. The number of ether oxygens (including phenoxy) is 2. The van der Waals surface area contributed by atoms with Crippen LogP contribution in [0, 0.1) is 11.8 Å². The Morgan fingerprint density at radius 3 is 3.00 bits per heavy atom. The van der Waals surface area contributed by atoms with Gasteiger partial charge in [0.05, 0.1) is 6.10 Å². The number of carbonyl (C=O) groups is 1. The zero-order valence-corrected chi connectivity index (χ0v) is 14.0. The topological polar surface area (TPSA) is 64.8 Å². The minimum atomic E-state index is 0.0965. The number of likely N-dealkylation sites (tertiary alicyclic amines) is 1. The van der Waals surface area contributed by atoms with Crippen molar-refractivity contribution in [2.24, 2.45) is 17.6 Å². The fourth-order valence-electron chi connectivity index (χ4n) is 4.34. The Labute approximate surface area is 143 Å². The molecular weight excluding hydrogens is 304 g/mol. The summed E-state index contributed by atoms with van der Waals surface area (Å²) in [5.74, 6) is 1.91. The van der Waals surface area contributed by atoms with E-state index in [4.69, 9.17) is 15.2 Å². The van der Waals surface area contributed by atoms with Crippen LogP contribution in [0.1, 0.15) is 36.0 Å². The maximum Gasteiger partial charge on any atom is 0.254 e. The van der Waals surface area contributed by atoms with E-state index in [-0.39, 0.29) is 18.1 Å². The van der Waals surface area contributed by atoms with Crippen molar-refractivity contribution in [3.63, 3.8) is 0 Å². The Bertz CT molecular complexity index is 600. The SMILES string of the molecule is NC1CCC2CN(C(=O)c3cccc(OCC4CCCO4)c3)CC12. The molecule has 0 radical (unpaired) electrons. The smallest absolute Gasteiger partial charge is 0.254 e. The lowest BCUT2D eigenvalue weighted by Gasteiger charge is -2.19. The highest BCUT2D eigenvalue weighted by Crippen LogP contribution is 2.37. The van der Waals surface area contributed by atoms with Crippen molar-refractivity contribution in [3.05, 3.63) is 29.8 Å². The van der Waals surface area contributed by atoms with Gasteiger partial charge in [-0.25, -0.2) is 0 Å². The maximum absolute atomic E-state index is 12.8. The molecule has 4 atom stereocenters. The molecule has 5 heteroatoms. The van der Waals surface area contributed by atoms with Gasteiger partial charge in [0.1, 0.15) is 12.4 Å². The summed E-state index contributed by atoms with van der Waals surface area (Å²) >= 11 is 0. The zero-order valence-electron chi connectivity index (χ0n) is 14.0. The molecule has 4 rings (SSSR count). The van der Waals surface area contributed by atoms with Gasteiger partial charge in [0.2, 0.25) is 0 Å². The molecule has 2 N–H and O–H groups in total. The predicted molar refractivity (Wildman–Crippen MR) is 91.0 cm³/mol. The molecule has 1 aliphatic carbocycles. The minimum absolute atomic E-state index is 0.0965. The zero-order chi connectivity index (χ0) is 16.5. The second-order valence-electron chi connectivity index (χ2n) is 7.35. The van der Waals surface area contributed by atoms with Crippen LogP contribution in [0.4, 0.5) is 0 Å². The van der Waals surface area contributed by atoms with Gasteiger partial charge in [-0.2, -0.15) is 0 Å². The number of nitrogens with zero attached hydrogens (tertiary/aromatic N) is 1. The third-order valence-electron chi connectivity index (χ3n) is 5.74. The summed E-state index contributed by atoms with van der Waals surface area (Å²) in [6.07, 6.45) is 4.59. The van der Waals surface area contributed by atoms with Gasteiger partial charge in [-0.15, -0.1) is 0 Å². The van der Waals surface area contributed by atoms with Crippen molar-refractivity contribution < 1.29 is 14.3 Å². The number of hydrogen-bond acceptors (Lipinski definition) is 4. The van der Waals surface area contributed by atoms with Crippen LogP contribution in [0.15, 0.2) is 24.3 Å². The van der Waals surface area contributed by atoms with Crippen LogP contribution in [-0.4, -0.2) is 49.3 Å². The number of nitrogens with two attached hydrogens (primary N) is 1. The molecule has 2 heterocycles. The molecule has 3 aliphatic rings. The predicted octanol–water partition coefficient (Wildman–Crippen LogP) is 2.05. The Hall–Kier alpha value is -1.59. The number of hydrogen-bond donors (Lipinski definition) is 1. The fourth-order valence-corrected chi connectivity index (χ4v) is 4.34. The van der Waals surface area contributed by atoms with Gasteiger partial charge in [-0.3, -0.25) is 4.79 Å². The van der Waals surface area contributed by atoms with E-state index in [0.29, 0.717) is 24.0 Å². The summed E-state index contributed by atoms with van der Waals surface area (Å²) in [5, 5.41) is 0. The molecular formula is C19H26N2O3. The first kappa shape index (κ1) is 15.9. The first-order chi connectivity index (χ1) is 11.7. The quantitative estimate of drug-likeness (QED) is 0.918. The second kappa shape index (κ2) is 6.73. The van der Waals surface area contributed by atoms with E-state index in [1.54, 1.807) is 0 Å². The minimum Gasteiger partial charge on any atom is -0.491 e. The standard InChI is InChI=1S/C19H26N2O3/c20-18-7-6-14-10-21(11-17(14)18)19(22)13-3-1-4-15(9-13)24-12-16-5-2-8-23-16/h1,3-4,9,14,16-18H,2,5-8,10-12,20H2. The Morgan fingerprint density at radius 2 is 2.21 bits per heavy atom. The van der Waals surface area contributed by atoms with E-state index in [1.807, 2.05) is 29.2 Å². The highest BCUT2D eigenvalue weighted by atomic mass is 16.5. The number of benzene rings is 1. The van der Waals surface area contributed by atoms with Crippen LogP contribution in [0.2, 0.25) is 0 Å². The van der Waals surface area contributed by atoms with Crippen molar-refractivity contribution in [1.82, 2.24) is 4.90 Å². The van der Waals surface area contributed by atoms with Crippen molar-refractivity contribution in [1.29, 1.82) is 0 Å². The van der Waals surface area contributed by atoms with E-state index in [9.17, 15) is 4.79 Å². The van der Waals surface area contributed by atoms with Gasteiger partial charge in [-0.05, 0) is 55.7 Å². The third kappa shape index (κ3) is 3.15. The molecule has 0 spiro atoms. The summed E-state index contributed by atoms with van der Waals surface area (Å²) in [5.41, 5.74) is 6.88. The van der Waals surface area contributed by atoms with Gasteiger partial charge in [0, 0.05) is 31.3 Å². The van der Waals surface area contributed by atoms with Crippen molar-refractivity contribution in [2.75, 3.05) is 26.3 Å². The van der Waals surface area contributed by atoms with Gasteiger partial charge in [0.25, 0.3) is 5.91 Å². The fraction of sp³-hybridized carbons (Fsp3) is 0.632. The van der Waals surface area contributed by atoms with Gasteiger partial charge in [-0.1, -0.05) is 6.07 Å². The molecule has 2 saturated heterocycles. The highest BCUT2D eigenvalue weighted by Gasteiger charge is 2.42. The lowest BCUT2D eigenvalue weighted by atomic mass is 9.98. The number of amides is 1. The Balaban J connectivity index is 1.38. The van der Waals surface area contributed by atoms with Gasteiger partial charge < -0.3 is 20.1 Å². The van der Waals surface area contributed by atoms with Crippen LogP contribution in [-0.2, 0) is 4.74 Å². The molecule has 0 aromatic heterocycles. The molecule has 4 unspecified atom stereocenters. The van der Waals surface area contributed by atoms with Crippen molar-refractivity contribution in [2.45, 2.75) is 37.8 Å². The van der Waals surface area contributed by atoms with E-state index in [2.05, 4.69) is 0 Å². The maximum atomic E-state index is 12.8. The third-order valence-corrected chi connectivity index (χ3v) is 5.74. The van der Waals surface area contributed by atoms with E-state index >= 15 is 0 Å². The van der Waals surface area contributed by atoms with Crippen LogP contribution in [0.25, 0.3) is 0 Å². The summed E-state index contributed by atoms with van der Waals surface area (Å²) in [4.78, 5) is 14.8. The van der Waals surface area contributed by atoms with Crippen LogP contribution < -0.4 is 10.5 Å². The number of carbonyl (C=O) groups excluding carboxylic acids is 1. The molecule has 0 bridgehead atoms. The molecule has 1 aromatic carbocycles. The summed E-state index contributed by atoms with van der Waals surface area (Å²) in [7, 11) is 0. The summed E-state index contributed by atoms with van der Waals surface area (Å²) in [6, 6.07) is 7.77. The van der Waals surface area contributed by atoms with Crippen molar-refractivity contribution in [3.8, 4) is 5.75 Å². The highest BCUT2D eigenvalue weighted by molar-refractivity contribution is 5.94. The average Bonchev–Trinajstić information content (AvgIpc) is 3.32. The molecule has 5 nitrogen and oxygen atoms in total. The second-order valence-corrected chi connectivity index (χ2v) is 7.35. The van der Waals surface area contributed by atoms with Gasteiger partial charge in [0.15, 0.2) is 0 Å². The average molecular weight is 330 g/mol. The molecule has 1 saturated carbocycles. The largest absolute Gasteiger partial charge is 0.491 e. The molecule has 1 amide bonds. The summed E-state index contributed by atoms with van der Waals surface area (Å²) < 4.78 is 11.4. The molecule has 3 fully saturated rings. The normalized spacial score (nSPS) is 32.1. The molecule has 130 valence electrons. The van der Waals surface area contributed by atoms with Crippen LogP contribution in [0.3, 0.4) is 0 Å². The number of rotatable bonds is 4. The van der Waals surface area contributed by atoms with E-state index < -0.39 is 0 Å².